The van der Waals surface area contributed by atoms with E-state index in [2.05, 4.69) is 5.32 Å². The molecule has 0 saturated carbocycles. The zero-order chi connectivity index (χ0) is 8.32. The van der Waals surface area contributed by atoms with Gasteiger partial charge in [0.15, 0.2) is 9.84 Å². The van der Waals surface area contributed by atoms with Crippen LogP contribution >= 0.6 is 0 Å². The van der Waals surface area contributed by atoms with Gasteiger partial charge in [-0.3, -0.25) is 0 Å². The highest BCUT2D eigenvalue weighted by molar-refractivity contribution is 7.91. The Labute approximate surface area is 68.1 Å². The maximum Gasteiger partial charge on any atom is 0.150 e. The van der Waals surface area contributed by atoms with Gasteiger partial charge in [-0.15, -0.1) is 0 Å². The van der Waals surface area contributed by atoms with Crippen molar-refractivity contribution >= 4 is 9.84 Å². The van der Waals surface area contributed by atoms with Crippen LogP contribution < -0.4 is 5.32 Å². The summed E-state index contributed by atoms with van der Waals surface area (Å²) in [5, 5.41) is 3.03. The smallest absolute Gasteiger partial charge is 0.150 e. The first-order valence-electron chi connectivity index (χ1n) is 3.99. The number of hydrogen-bond donors (Lipinski definition) is 1. The molecule has 1 heterocycles. The highest BCUT2D eigenvalue weighted by atomic mass is 32.2. The SMILES string of the molecule is CNCC[C@H]1CCS(=O)(=O)C1. The van der Waals surface area contributed by atoms with E-state index in [1.807, 2.05) is 7.05 Å². The van der Waals surface area contributed by atoms with Crippen molar-refractivity contribution < 1.29 is 8.42 Å². The van der Waals surface area contributed by atoms with Crippen LogP contribution in [0.1, 0.15) is 12.8 Å². The predicted octanol–water partition coefficient (Wildman–Crippen LogP) is 0.0306. The second-order valence-electron chi connectivity index (χ2n) is 3.16. The summed E-state index contributed by atoms with van der Waals surface area (Å²) in [6, 6.07) is 0. The molecular formula is C7H15NO2S. The molecule has 1 aliphatic rings. The first-order valence-corrected chi connectivity index (χ1v) is 5.81. The van der Waals surface area contributed by atoms with E-state index in [4.69, 9.17) is 0 Å². The van der Waals surface area contributed by atoms with Crippen molar-refractivity contribution in [2.75, 3.05) is 25.1 Å². The quantitative estimate of drug-likeness (QED) is 0.661. The molecule has 11 heavy (non-hydrogen) atoms. The lowest BCUT2D eigenvalue weighted by Crippen LogP contribution is -2.14. The fourth-order valence-corrected chi connectivity index (χ4v) is 3.36. The monoisotopic (exact) mass is 177 g/mol. The van der Waals surface area contributed by atoms with Gasteiger partial charge in [-0.25, -0.2) is 8.42 Å². The van der Waals surface area contributed by atoms with E-state index < -0.39 is 9.84 Å². The molecule has 0 radical (unpaired) electrons. The molecule has 1 rings (SSSR count). The standard InChI is InChI=1S/C7H15NO2S/c1-8-4-2-7-3-5-11(9,10)6-7/h7-8H,2-6H2,1H3/t7-/m0/s1. The van der Waals surface area contributed by atoms with Crippen molar-refractivity contribution in [1.29, 1.82) is 0 Å². The topological polar surface area (TPSA) is 46.2 Å². The Morgan fingerprint density at radius 3 is 2.73 bits per heavy atom. The van der Waals surface area contributed by atoms with E-state index in [0.717, 1.165) is 19.4 Å². The molecular weight excluding hydrogens is 162 g/mol. The molecule has 0 unspecified atom stereocenters. The summed E-state index contributed by atoms with van der Waals surface area (Å²) < 4.78 is 22.0. The van der Waals surface area contributed by atoms with Gasteiger partial charge in [-0.1, -0.05) is 0 Å². The van der Waals surface area contributed by atoms with Crippen LogP contribution in [0.25, 0.3) is 0 Å². The van der Waals surface area contributed by atoms with Crippen LogP contribution in [0.5, 0.6) is 0 Å². The molecule has 0 aromatic heterocycles. The molecule has 0 spiro atoms. The Morgan fingerprint density at radius 1 is 1.55 bits per heavy atom. The van der Waals surface area contributed by atoms with Crippen molar-refractivity contribution in [2.45, 2.75) is 12.8 Å². The van der Waals surface area contributed by atoms with Gasteiger partial charge in [0.2, 0.25) is 0 Å². The average Bonchev–Trinajstić information content (AvgIpc) is 2.26. The van der Waals surface area contributed by atoms with Gasteiger partial charge >= 0.3 is 0 Å². The molecule has 0 bridgehead atoms. The van der Waals surface area contributed by atoms with Gasteiger partial charge in [-0.05, 0) is 32.4 Å². The number of rotatable bonds is 3. The molecule has 0 amide bonds. The third-order valence-corrected chi connectivity index (χ3v) is 3.97. The van der Waals surface area contributed by atoms with Gasteiger partial charge < -0.3 is 5.32 Å². The molecule has 0 aromatic rings. The minimum atomic E-state index is -2.65. The summed E-state index contributed by atoms with van der Waals surface area (Å²) >= 11 is 0. The van der Waals surface area contributed by atoms with Gasteiger partial charge in [0, 0.05) is 0 Å². The van der Waals surface area contributed by atoms with Crippen LogP contribution in [0.2, 0.25) is 0 Å². The van der Waals surface area contributed by atoms with Crippen molar-refractivity contribution in [1.82, 2.24) is 5.32 Å². The zero-order valence-electron chi connectivity index (χ0n) is 6.84. The van der Waals surface area contributed by atoms with Gasteiger partial charge in [0.1, 0.15) is 0 Å². The second kappa shape index (κ2) is 3.54. The molecule has 3 nitrogen and oxygen atoms in total. The summed E-state index contributed by atoms with van der Waals surface area (Å²) in [4.78, 5) is 0. The lowest BCUT2D eigenvalue weighted by atomic mass is 10.1. The average molecular weight is 177 g/mol. The third kappa shape index (κ3) is 2.79. The molecule has 1 aliphatic heterocycles. The van der Waals surface area contributed by atoms with Gasteiger partial charge in [0.05, 0.1) is 11.5 Å². The Balaban J connectivity index is 2.31. The molecule has 4 heteroatoms. The van der Waals surface area contributed by atoms with E-state index in [0.29, 0.717) is 17.4 Å². The first kappa shape index (κ1) is 9.00. The largest absolute Gasteiger partial charge is 0.320 e. The lowest BCUT2D eigenvalue weighted by molar-refractivity contribution is 0.526. The van der Waals surface area contributed by atoms with Gasteiger partial charge in [0.25, 0.3) is 0 Å². The van der Waals surface area contributed by atoms with Crippen molar-refractivity contribution in [3.8, 4) is 0 Å². The molecule has 1 saturated heterocycles. The predicted molar refractivity (Wildman–Crippen MR) is 45.3 cm³/mol. The molecule has 1 N–H and O–H groups in total. The van der Waals surface area contributed by atoms with E-state index in [1.54, 1.807) is 0 Å². The highest BCUT2D eigenvalue weighted by Crippen LogP contribution is 2.20. The summed E-state index contributed by atoms with van der Waals surface area (Å²) in [6.07, 6.45) is 1.86. The highest BCUT2D eigenvalue weighted by Gasteiger charge is 2.26. The Kier molecular flexibility index (Phi) is 2.90. The fraction of sp³-hybridized carbons (Fsp3) is 1.00. The Bertz CT molecular complexity index is 210. The van der Waals surface area contributed by atoms with Crippen LogP contribution in [-0.4, -0.2) is 33.5 Å². The van der Waals surface area contributed by atoms with Crippen LogP contribution in [0.4, 0.5) is 0 Å². The maximum atomic E-state index is 11.0. The number of sulfone groups is 1. The summed E-state index contributed by atoms with van der Waals surface area (Å²) in [6.45, 7) is 0.931. The van der Waals surface area contributed by atoms with E-state index in [-0.39, 0.29) is 0 Å². The molecule has 66 valence electrons. The second-order valence-corrected chi connectivity index (χ2v) is 5.39. The van der Waals surface area contributed by atoms with Crippen molar-refractivity contribution in [2.24, 2.45) is 5.92 Å². The minimum Gasteiger partial charge on any atom is -0.320 e. The van der Waals surface area contributed by atoms with Crippen molar-refractivity contribution in [3.05, 3.63) is 0 Å². The van der Waals surface area contributed by atoms with Crippen LogP contribution in [0, 0.1) is 5.92 Å². The van der Waals surface area contributed by atoms with Crippen LogP contribution in [0.15, 0.2) is 0 Å². The summed E-state index contributed by atoms with van der Waals surface area (Å²) in [5.74, 6) is 1.23. The lowest BCUT2D eigenvalue weighted by Gasteiger charge is -2.04. The van der Waals surface area contributed by atoms with Crippen LogP contribution in [-0.2, 0) is 9.84 Å². The molecule has 1 fully saturated rings. The fourth-order valence-electron chi connectivity index (χ4n) is 1.45. The summed E-state index contributed by atoms with van der Waals surface area (Å²) in [5.41, 5.74) is 0. The van der Waals surface area contributed by atoms with Gasteiger partial charge in [-0.2, -0.15) is 0 Å². The third-order valence-electron chi connectivity index (χ3n) is 2.13. The molecule has 0 aliphatic carbocycles. The zero-order valence-corrected chi connectivity index (χ0v) is 7.65. The maximum absolute atomic E-state index is 11.0. The van der Waals surface area contributed by atoms with E-state index in [9.17, 15) is 8.42 Å². The first-order chi connectivity index (χ1) is 5.14. The van der Waals surface area contributed by atoms with E-state index >= 15 is 0 Å². The van der Waals surface area contributed by atoms with E-state index in [1.165, 1.54) is 0 Å². The number of hydrogen-bond acceptors (Lipinski definition) is 3. The Hall–Kier alpha value is -0.0900. The normalized spacial score (nSPS) is 29.0. The molecule has 1 atom stereocenters. The minimum absolute atomic E-state index is 0.404. The Morgan fingerprint density at radius 2 is 2.27 bits per heavy atom. The number of nitrogens with one attached hydrogen (secondary N) is 1. The molecule has 0 aromatic carbocycles. The van der Waals surface area contributed by atoms with Crippen molar-refractivity contribution in [3.63, 3.8) is 0 Å². The summed E-state index contributed by atoms with van der Waals surface area (Å²) in [7, 11) is -0.761. The van der Waals surface area contributed by atoms with Crippen LogP contribution in [0.3, 0.4) is 0 Å².